The van der Waals surface area contributed by atoms with Gasteiger partial charge in [-0.2, -0.15) is 11.8 Å². The number of carboxylic acid groups (broad SMARTS) is 1. The SMILES string of the molecule is Cc1ccccc1NC(=O)CSCCC(NC(=O)OCc1ccccc1)C(=O)O. The van der Waals surface area contributed by atoms with Crippen molar-refractivity contribution in [2.45, 2.75) is 26.0 Å². The standard InChI is InChI=1S/C21H24N2O5S/c1-15-7-5-6-10-17(15)22-19(24)14-29-12-11-18(20(25)26)23-21(27)28-13-16-8-3-2-4-9-16/h2-10,18H,11-14H2,1H3,(H,22,24)(H,23,27)(H,25,26). The Kier molecular flexibility index (Phi) is 9.04. The number of carboxylic acids is 1. The molecule has 0 fully saturated rings. The van der Waals surface area contributed by atoms with Crippen molar-refractivity contribution in [2.24, 2.45) is 0 Å². The van der Waals surface area contributed by atoms with Crippen LogP contribution in [0.4, 0.5) is 10.5 Å². The number of carbonyl (C=O) groups excluding carboxylic acids is 2. The van der Waals surface area contributed by atoms with Crippen LogP contribution < -0.4 is 10.6 Å². The fourth-order valence-electron chi connectivity index (χ4n) is 2.43. The van der Waals surface area contributed by atoms with Gasteiger partial charge in [-0.3, -0.25) is 4.79 Å². The fraction of sp³-hybridized carbons (Fsp3) is 0.286. The van der Waals surface area contributed by atoms with Crippen molar-refractivity contribution >= 4 is 35.4 Å². The predicted molar refractivity (Wildman–Crippen MR) is 113 cm³/mol. The molecule has 0 bridgehead atoms. The zero-order chi connectivity index (χ0) is 21.1. The van der Waals surface area contributed by atoms with Crippen molar-refractivity contribution in [2.75, 3.05) is 16.8 Å². The Labute approximate surface area is 173 Å². The van der Waals surface area contributed by atoms with Gasteiger partial charge in [0.1, 0.15) is 12.6 Å². The Bertz CT molecular complexity index is 829. The lowest BCUT2D eigenvalue weighted by molar-refractivity contribution is -0.139. The number of hydrogen-bond donors (Lipinski definition) is 3. The molecule has 29 heavy (non-hydrogen) atoms. The molecule has 0 aromatic heterocycles. The Balaban J connectivity index is 1.69. The number of aliphatic carboxylic acids is 1. The van der Waals surface area contributed by atoms with Gasteiger partial charge in [0.2, 0.25) is 5.91 Å². The zero-order valence-electron chi connectivity index (χ0n) is 16.1. The van der Waals surface area contributed by atoms with Gasteiger partial charge in [-0.15, -0.1) is 0 Å². The Morgan fingerprint density at radius 1 is 1.07 bits per heavy atom. The molecule has 1 unspecified atom stereocenters. The van der Waals surface area contributed by atoms with Crippen molar-refractivity contribution in [1.29, 1.82) is 0 Å². The first-order chi connectivity index (χ1) is 14.0. The number of nitrogens with one attached hydrogen (secondary N) is 2. The first-order valence-electron chi connectivity index (χ1n) is 9.09. The van der Waals surface area contributed by atoms with E-state index in [-0.39, 0.29) is 24.7 Å². The highest BCUT2D eigenvalue weighted by molar-refractivity contribution is 7.99. The highest BCUT2D eigenvalue weighted by Gasteiger charge is 2.20. The molecule has 0 spiro atoms. The monoisotopic (exact) mass is 416 g/mol. The van der Waals surface area contributed by atoms with Crippen LogP contribution in [0.3, 0.4) is 0 Å². The van der Waals surface area contributed by atoms with Crippen LogP contribution in [0.25, 0.3) is 0 Å². The van der Waals surface area contributed by atoms with Crippen molar-refractivity contribution in [3.8, 4) is 0 Å². The number of rotatable bonds is 10. The topological polar surface area (TPSA) is 105 Å². The van der Waals surface area contributed by atoms with E-state index < -0.39 is 18.1 Å². The summed E-state index contributed by atoms with van der Waals surface area (Å²) >= 11 is 1.30. The third-order valence-electron chi connectivity index (χ3n) is 4.01. The van der Waals surface area contributed by atoms with E-state index in [1.165, 1.54) is 11.8 Å². The van der Waals surface area contributed by atoms with Crippen LogP contribution in [0.1, 0.15) is 17.5 Å². The minimum Gasteiger partial charge on any atom is -0.480 e. The van der Waals surface area contributed by atoms with E-state index in [0.717, 1.165) is 16.8 Å². The number of para-hydroxylation sites is 1. The summed E-state index contributed by atoms with van der Waals surface area (Å²) in [7, 11) is 0. The number of alkyl carbamates (subject to hydrolysis) is 1. The molecule has 0 aliphatic rings. The summed E-state index contributed by atoms with van der Waals surface area (Å²) in [5, 5.41) is 14.4. The number of thioether (sulfide) groups is 1. The quantitative estimate of drug-likeness (QED) is 0.513. The van der Waals surface area contributed by atoms with E-state index in [9.17, 15) is 19.5 Å². The fourth-order valence-corrected chi connectivity index (χ4v) is 3.23. The summed E-state index contributed by atoms with van der Waals surface area (Å²) in [6.07, 6.45) is -0.610. The van der Waals surface area contributed by atoms with Crippen molar-refractivity contribution in [1.82, 2.24) is 5.32 Å². The van der Waals surface area contributed by atoms with Gasteiger partial charge in [-0.25, -0.2) is 9.59 Å². The van der Waals surface area contributed by atoms with Crippen molar-refractivity contribution in [3.05, 3.63) is 65.7 Å². The molecule has 2 aromatic carbocycles. The summed E-state index contributed by atoms with van der Waals surface area (Å²) in [6.45, 7) is 1.97. The van der Waals surface area contributed by atoms with Gasteiger partial charge in [0.15, 0.2) is 0 Å². The van der Waals surface area contributed by atoms with Gasteiger partial charge < -0.3 is 20.5 Å². The Morgan fingerprint density at radius 2 is 1.76 bits per heavy atom. The zero-order valence-corrected chi connectivity index (χ0v) is 16.9. The maximum Gasteiger partial charge on any atom is 0.408 e. The van der Waals surface area contributed by atoms with Gasteiger partial charge >= 0.3 is 12.1 Å². The summed E-state index contributed by atoms with van der Waals surface area (Å²) in [4.78, 5) is 35.2. The summed E-state index contributed by atoms with van der Waals surface area (Å²) in [6, 6.07) is 15.5. The third-order valence-corrected chi connectivity index (χ3v) is 5.00. The molecule has 0 aliphatic carbocycles. The first-order valence-corrected chi connectivity index (χ1v) is 10.2. The van der Waals surface area contributed by atoms with Crippen LogP contribution in [0, 0.1) is 6.92 Å². The highest BCUT2D eigenvalue weighted by atomic mass is 32.2. The van der Waals surface area contributed by atoms with Gasteiger partial charge in [-0.05, 0) is 36.3 Å². The molecule has 0 saturated heterocycles. The second kappa shape index (κ2) is 11.8. The van der Waals surface area contributed by atoms with Gasteiger partial charge in [-0.1, -0.05) is 48.5 Å². The summed E-state index contributed by atoms with van der Waals surface area (Å²) in [5.74, 6) is -0.714. The summed E-state index contributed by atoms with van der Waals surface area (Å²) in [5.41, 5.74) is 2.53. The van der Waals surface area contributed by atoms with Gasteiger partial charge in [0.05, 0.1) is 5.75 Å². The lowest BCUT2D eigenvalue weighted by atomic mass is 10.2. The largest absolute Gasteiger partial charge is 0.480 e. The lowest BCUT2D eigenvalue weighted by Crippen LogP contribution is -2.41. The molecule has 8 heteroatoms. The first kappa shape index (κ1) is 22.3. The molecule has 3 N–H and O–H groups in total. The molecule has 0 heterocycles. The van der Waals surface area contributed by atoms with Crippen LogP contribution in [0.5, 0.6) is 0 Å². The second-order valence-corrected chi connectivity index (χ2v) is 7.41. The number of carbonyl (C=O) groups is 3. The minimum atomic E-state index is -1.15. The average Bonchev–Trinajstić information content (AvgIpc) is 2.71. The van der Waals surface area contributed by atoms with Gasteiger partial charge in [0, 0.05) is 5.69 Å². The molecule has 154 valence electrons. The van der Waals surface area contributed by atoms with Gasteiger partial charge in [0.25, 0.3) is 0 Å². The molecule has 0 aliphatic heterocycles. The van der Waals surface area contributed by atoms with Crippen molar-refractivity contribution in [3.63, 3.8) is 0 Å². The molecular formula is C21H24N2O5S. The molecular weight excluding hydrogens is 392 g/mol. The van der Waals surface area contributed by atoms with Crippen LogP contribution in [0.2, 0.25) is 0 Å². The number of anilines is 1. The van der Waals surface area contributed by atoms with E-state index in [2.05, 4.69) is 10.6 Å². The maximum atomic E-state index is 12.0. The number of amides is 2. The molecule has 2 amide bonds. The molecule has 0 radical (unpaired) electrons. The van der Waals surface area contributed by atoms with Crippen LogP contribution >= 0.6 is 11.8 Å². The van der Waals surface area contributed by atoms with E-state index in [0.29, 0.717) is 5.75 Å². The Morgan fingerprint density at radius 3 is 2.45 bits per heavy atom. The number of aryl methyl sites for hydroxylation is 1. The van der Waals surface area contributed by atoms with E-state index >= 15 is 0 Å². The van der Waals surface area contributed by atoms with Crippen LogP contribution in [0.15, 0.2) is 54.6 Å². The van der Waals surface area contributed by atoms with E-state index in [4.69, 9.17) is 4.74 Å². The number of benzene rings is 2. The summed E-state index contributed by atoms with van der Waals surface area (Å²) < 4.78 is 5.05. The maximum absolute atomic E-state index is 12.0. The third kappa shape index (κ3) is 8.27. The highest BCUT2D eigenvalue weighted by Crippen LogP contribution is 2.14. The second-order valence-electron chi connectivity index (χ2n) is 6.30. The molecule has 1 atom stereocenters. The average molecular weight is 416 g/mol. The smallest absolute Gasteiger partial charge is 0.408 e. The predicted octanol–water partition coefficient (Wildman–Crippen LogP) is 3.44. The van der Waals surface area contributed by atoms with Crippen LogP contribution in [-0.2, 0) is 20.9 Å². The lowest BCUT2D eigenvalue weighted by Gasteiger charge is -2.14. The Hall–Kier alpha value is -3.00. The van der Waals surface area contributed by atoms with Crippen molar-refractivity contribution < 1.29 is 24.2 Å². The number of ether oxygens (including phenoxy) is 1. The van der Waals surface area contributed by atoms with Crippen LogP contribution in [-0.4, -0.2) is 40.6 Å². The minimum absolute atomic E-state index is 0.0623. The van der Waals surface area contributed by atoms with E-state index in [1.54, 1.807) is 12.1 Å². The molecule has 2 rings (SSSR count). The molecule has 7 nitrogen and oxygen atoms in total. The number of hydrogen-bond acceptors (Lipinski definition) is 5. The molecule has 2 aromatic rings. The molecule has 0 saturated carbocycles. The van der Waals surface area contributed by atoms with E-state index in [1.807, 2.05) is 49.4 Å². The normalized spacial score (nSPS) is 11.3.